The third-order valence-corrected chi connectivity index (χ3v) is 5.21. The zero-order chi connectivity index (χ0) is 22.4. The number of nitro benzene ring substituents is 1. The molecule has 1 aliphatic heterocycles. The molecular formula is C21H22ClN3O6. The van der Waals surface area contributed by atoms with Crippen LogP contribution in [0.1, 0.15) is 28.4 Å². The second-order valence-corrected chi connectivity index (χ2v) is 7.35. The van der Waals surface area contributed by atoms with Gasteiger partial charge in [-0.3, -0.25) is 19.7 Å². The Bertz CT molecular complexity index is 960. The molecular weight excluding hydrogens is 426 g/mol. The van der Waals surface area contributed by atoms with Crippen LogP contribution in [0.25, 0.3) is 0 Å². The Kier molecular flexibility index (Phi) is 7.43. The number of anilines is 1. The molecule has 10 heteroatoms. The highest BCUT2D eigenvalue weighted by Gasteiger charge is 2.25. The SMILES string of the molecule is COC(=O)CC(NC(=O)c1ccc(N2CCOCC2)c([N+](=O)[O-])c1)c1ccc(Cl)cc1. The number of carbonyl (C=O) groups is 2. The van der Waals surface area contributed by atoms with Crippen LogP contribution in [0, 0.1) is 10.1 Å². The molecule has 1 amide bonds. The van der Waals surface area contributed by atoms with Gasteiger partial charge in [-0.15, -0.1) is 0 Å². The molecule has 9 nitrogen and oxygen atoms in total. The zero-order valence-electron chi connectivity index (χ0n) is 16.9. The lowest BCUT2D eigenvalue weighted by Gasteiger charge is -2.28. The van der Waals surface area contributed by atoms with Gasteiger partial charge in [0.1, 0.15) is 5.69 Å². The number of ether oxygens (including phenoxy) is 2. The highest BCUT2D eigenvalue weighted by molar-refractivity contribution is 6.30. The second-order valence-electron chi connectivity index (χ2n) is 6.92. The number of carbonyl (C=O) groups excluding carboxylic acids is 2. The fourth-order valence-corrected chi connectivity index (χ4v) is 3.45. The van der Waals surface area contributed by atoms with Gasteiger partial charge in [0, 0.05) is 29.7 Å². The predicted molar refractivity (Wildman–Crippen MR) is 114 cm³/mol. The molecule has 164 valence electrons. The summed E-state index contributed by atoms with van der Waals surface area (Å²) in [6, 6.07) is 10.3. The Morgan fingerprint density at radius 1 is 1.23 bits per heavy atom. The molecule has 0 radical (unpaired) electrons. The molecule has 0 aliphatic carbocycles. The van der Waals surface area contributed by atoms with Crippen LogP contribution < -0.4 is 10.2 Å². The summed E-state index contributed by atoms with van der Waals surface area (Å²) in [5.41, 5.74) is 1.05. The number of morpholine rings is 1. The average Bonchev–Trinajstić information content (AvgIpc) is 2.79. The minimum atomic E-state index is -0.685. The van der Waals surface area contributed by atoms with Crippen LogP contribution in [0.4, 0.5) is 11.4 Å². The lowest BCUT2D eigenvalue weighted by molar-refractivity contribution is -0.384. The summed E-state index contributed by atoms with van der Waals surface area (Å²) in [6.45, 7) is 2.03. The van der Waals surface area contributed by atoms with E-state index in [-0.39, 0.29) is 17.7 Å². The molecule has 1 unspecified atom stereocenters. The summed E-state index contributed by atoms with van der Waals surface area (Å²) >= 11 is 5.92. The third kappa shape index (κ3) is 5.71. The van der Waals surface area contributed by atoms with Crippen LogP contribution in [0.3, 0.4) is 0 Å². The van der Waals surface area contributed by atoms with Crippen molar-refractivity contribution in [3.63, 3.8) is 0 Å². The van der Waals surface area contributed by atoms with E-state index in [1.165, 1.54) is 19.2 Å². The highest BCUT2D eigenvalue weighted by Crippen LogP contribution is 2.30. The lowest BCUT2D eigenvalue weighted by Crippen LogP contribution is -2.36. The van der Waals surface area contributed by atoms with E-state index in [4.69, 9.17) is 21.1 Å². The number of halogens is 1. The quantitative estimate of drug-likeness (QED) is 0.394. The van der Waals surface area contributed by atoms with E-state index in [9.17, 15) is 19.7 Å². The van der Waals surface area contributed by atoms with Crippen molar-refractivity contribution in [1.82, 2.24) is 5.32 Å². The molecule has 0 bridgehead atoms. The van der Waals surface area contributed by atoms with Crippen LogP contribution in [-0.4, -0.2) is 50.2 Å². The number of hydrogen-bond donors (Lipinski definition) is 1. The summed E-state index contributed by atoms with van der Waals surface area (Å²) < 4.78 is 10.0. The molecule has 0 aromatic heterocycles. The van der Waals surface area contributed by atoms with Crippen molar-refractivity contribution in [3.05, 3.63) is 68.7 Å². The first-order valence-electron chi connectivity index (χ1n) is 9.63. The van der Waals surface area contributed by atoms with Gasteiger partial charge in [0.05, 0.1) is 37.7 Å². The van der Waals surface area contributed by atoms with Crippen molar-refractivity contribution in [3.8, 4) is 0 Å². The average molecular weight is 448 g/mol. The van der Waals surface area contributed by atoms with Gasteiger partial charge in [0.2, 0.25) is 0 Å². The normalized spacial score (nSPS) is 14.6. The minimum absolute atomic E-state index is 0.0994. The van der Waals surface area contributed by atoms with Gasteiger partial charge in [-0.25, -0.2) is 0 Å². The standard InChI is InChI=1S/C21H22ClN3O6/c1-30-20(26)13-17(14-2-5-16(22)6-3-14)23-21(27)15-4-7-18(19(12-15)25(28)29)24-8-10-31-11-9-24/h2-7,12,17H,8-11,13H2,1H3,(H,23,27). The van der Waals surface area contributed by atoms with E-state index in [2.05, 4.69) is 5.32 Å². The van der Waals surface area contributed by atoms with Crippen LogP contribution in [0.2, 0.25) is 5.02 Å². The Labute approximate surface area is 184 Å². The molecule has 1 fully saturated rings. The van der Waals surface area contributed by atoms with Crippen LogP contribution >= 0.6 is 11.6 Å². The fraction of sp³-hybridized carbons (Fsp3) is 0.333. The van der Waals surface area contributed by atoms with E-state index in [0.717, 1.165) is 0 Å². The summed E-state index contributed by atoms with van der Waals surface area (Å²) in [4.78, 5) is 37.7. The molecule has 2 aromatic rings. The molecule has 1 atom stereocenters. The van der Waals surface area contributed by atoms with Gasteiger partial charge in [-0.1, -0.05) is 23.7 Å². The Balaban J connectivity index is 1.85. The molecule has 2 aromatic carbocycles. The van der Waals surface area contributed by atoms with E-state index >= 15 is 0 Å². The van der Waals surface area contributed by atoms with Gasteiger partial charge in [-0.05, 0) is 29.8 Å². The lowest BCUT2D eigenvalue weighted by atomic mass is 10.0. The number of amides is 1. The first-order chi connectivity index (χ1) is 14.9. The number of nitrogens with one attached hydrogen (secondary N) is 1. The Morgan fingerprint density at radius 2 is 1.90 bits per heavy atom. The van der Waals surface area contributed by atoms with E-state index in [1.54, 1.807) is 30.3 Å². The van der Waals surface area contributed by atoms with Crippen molar-refractivity contribution >= 4 is 34.9 Å². The van der Waals surface area contributed by atoms with Crippen LogP contribution in [-0.2, 0) is 14.3 Å². The van der Waals surface area contributed by atoms with E-state index in [0.29, 0.717) is 42.6 Å². The molecule has 1 N–H and O–H groups in total. The number of nitro groups is 1. The van der Waals surface area contributed by atoms with Crippen molar-refractivity contribution in [1.29, 1.82) is 0 Å². The number of hydrogen-bond acceptors (Lipinski definition) is 7. The highest BCUT2D eigenvalue weighted by atomic mass is 35.5. The number of methoxy groups -OCH3 is 1. The molecule has 3 rings (SSSR count). The maximum Gasteiger partial charge on any atom is 0.307 e. The molecule has 1 heterocycles. The number of benzene rings is 2. The summed E-state index contributed by atoms with van der Waals surface area (Å²) in [5.74, 6) is -1.05. The zero-order valence-corrected chi connectivity index (χ0v) is 17.6. The predicted octanol–water partition coefficient (Wildman–Crippen LogP) is 3.12. The van der Waals surface area contributed by atoms with Gasteiger partial charge >= 0.3 is 5.97 Å². The summed E-state index contributed by atoms with van der Waals surface area (Å²) in [5, 5.41) is 14.9. The summed E-state index contributed by atoms with van der Waals surface area (Å²) in [7, 11) is 1.26. The van der Waals surface area contributed by atoms with Crippen LogP contribution in [0.15, 0.2) is 42.5 Å². The maximum absolute atomic E-state index is 12.9. The van der Waals surface area contributed by atoms with Gasteiger partial charge in [0.15, 0.2) is 0 Å². The molecule has 31 heavy (non-hydrogen) atoms. The van der Waals surface area contributed by atoms with Gasteiger partial charge in [0.25, 0.3) is 11.6 Å². The third-order valence-electron chi connectivity index (χ3n) is 4.96. The van der Waals surface area contributed by atoms with Crippen molar-refractivity contribution < 1.29 is 24.0 Å². The monoisotopic (exact) mass is 447 g/mol. The van der Waals surface area contributed by atoms with Crippen molar-refractivity contribution in [2.75, 3.05) is 38.3 Å². The maximum atomic E-state index is 12.9. The van der Waals surface area contributed by atoms with Gasteiger partial charge in [-0.2, -0.15) is 0 Å². The van der Waals surface area contributed by atoms with Gasteiger partial charge < -0.3 is 19.7 Å². The molecule has 0 saturated carbocycles. The number of rotatable bonds is 7. The Morgan fingerprint density at radius 3 is 2.52 bits per heavy atom. The van der Waals surface area contributed by atoms with Crippen LogP contribution in [0.5, 0.6) is 0 Å². The summed E-state index contributed by atoms with van der Waals surface area (Å²) in [6.07, 6.45) is -0.0994. The largest absolute Gasteiger partial charge is 0.469 e. The fourth-order valence-electron chi connectivity index (χ4n) is 3.32. The topological polar surface area (TPSA) is 111 Å². The van der Waals surface area contributed by atoms with E-state index < -0.39 is 22.8 Å². The number of nitrogens with zero attached hydrogens (tertiary/aromatic N) is 2. The van der Waals surface area contributed by atoms with Crippen molar-refractivity contribution in [2.24, 2.45) is 0 Å². The molecule has 1 aliphatic rings. The second kappa shape index (κ2) is 10.2. The minimum Gasteiger partial charge on any atom is -0.469 e. The molecule has 1 saturated heterocycles. The van der Waals surface area contributed by atoms with Crippen molar-refractivity contribution in [2.45, 2.75) is 12.5 Å². The first kappa shape index (κ1) is 22.5. The van der Waals surface area contributed by atoms with E-state index in [1.807, 2.05) is 4.90 Å². The smallest absolute Gasteiger partial charge is 0.307 e. The molecule has 0 spiro atoms. The Hall–Kier alpha value is -3.17. The first-order valence-corrected chi connectivity index (χ1v) is 10.0. The number of esters is 1.